The van der Waals surface area contributed by atoms with Crippen LogP contribution in [-0.2, 0) is 13.1 Å². The Bertz CT molecular complexity index is 280. The maximum absolute atomic E-state index is 5.48. The molecule has 1 aromatic heterocycles. The van der Waals surface area contributed by atoms with Crippen molar-refractivity contribution in [1.82, 2.24) is 9.88 Å². The SMILES string of the molecule is Cc1nc2c(o1)CN(CC(C)C)C2. The third-order valence-electron chi connectivity index (χ3n) is 2.25. The zero-order chi connectivity index (χ0) is 9.42. The Morgan fingerprint density at radius 3 is 2.85 bits per heavy atom. The van der Waals surface area contributed by atoms with Crippen LogP contribution in [0.5, 0.6) is 0 Å². The van der Waals surface area contributed by atoms with E-state index in [9.17, 15) is 0 Å². The van der Waals surface area contributed by atoms with Crippen LogP contribution in [0.3, 0.4) is 0 Å². The fourth-order valence-corrected chi connectivity index (χ4v) is 1.88. The number of aromatic nitrogens is 1. The Morgan fingerprint density at radius 1 is 1.46 bits per heavy atom. The molecule has 0 aromatic carbocycles. The smallest absolute Gasteiger partial charge is 0.191 e. The summed E-state index contributed by atoms with van der Waals surface area (Å²) in [6.45, 7) is 9.41. The van der Waals surface area contributed by atoms with Gasteiger partial charge in [-0.15, -0.1) is 0 Å². The summed E-state index contributed by atoms with van der Waals surface area (Å²) >= 11 is 0. The van der Waals surface area contributed by atoms with Crippen LogP contribution in [0.25, 0.3) is 0 Å². The second-order valence-electron chi connectivity index (χ2n) is 4.17. The van der Waals surface area contributed by atoms with E-state index in [2.05, 4.69) is 23.7 Å². The maximum Gasteiger partial charge on any atom is 0.191 e. The van der Waals surface area contributed by atoms with Crippen LogP contribution >= 0.6 is 0 Å². The molecule has 1 aromatic rings. The van der Waals surface area contributed by atoms with E-state index in [0.717, 1.165) is 37.0 Å². The molecule has 2 rings (SSSR count). The average Bonchev–Trinajstić information content (AvgIpc) is 2.41. The zero-order valence-corrected chi connectivity index (χ0v) is 8.50. The molecule has 1 aliphatic heterocycles. The summed E-state index contributed by atoms with van der Waals surface area (Å²) in [5.41, 5.74) is 1.14. The molecule has 0 radical (unpaired) electrons. The van der Waals surface area contributed by atoms with E-state index in [1.165, 1.54) is 0 Å². The highest BCUT2D eigenvalue weighted by Crippen LogP contribution is 2.23. The molecule has 1 aliphatic rings. The van der Waals surface area contributed by atoms with Gasteiger partial charge in [-0.25, -0.2) is 4.98 Å². The van der Waals surface area contributed by atoms with Crippen molar-refractivity contribution in [2.75, 3.05) is 6.54 Å². The first-order chi connectivity index (χ1) is 6.15. The van der Waals surface area contributed by atoms with Gasteiger partial charge >= 0.3 is 0 Å². The molecule has 0 fully saturated rings. The molecule has 0 amide bonds. The Labute approximate surface area is 78.8 Å². The molecular formula is C10H16N2O. The second kappa shape index (κ2) is 3.14. The minimum absolute atomic E-state index is 0.713. The Morgan fingerprint density at radius 2 is 2.23 bits per heavy atom. The van der Waals surface area contributed by atoms with Crippen molar-refractivity contribution < 1.29 is 4.42 Å². The van der Waals surface area contributed by atoms with Crippen molar-refractivity contribution in [2.45, 2.75) is 33.9 Å². The Balaban J connectivity index is 2.02. The van der Waals surface area contributed by atoms with E-state index in [0.29, 0.717) is 5.92 Å². The minimum atomic E-state index is 0.713. The molecule has 72 valence electrons. The summed E-state index contributed by atoms with van der Waals surface area (Å²) in [5.74, 6) is 2.58. The van der Waals surface area contributed by atoms with Gasteiger partial charge < -0.3 is 4.42 Å². The lowest BCUT2D eigenvalue weighted by molar-refractivity contribution is 0.235. The van der Waals surface area contributed by atoms with Gasteiger partial charge in [-0.1, -0.05) is 13.8 Å². The summed E-state index contributed by atoms with van der Waals surface area (Å²) in [5, 5.41) is 0. The van der Waals surface area contributed by atoms with Gasteiger partial charge in [-0.3, -0.25) is 4.90 Å². The molecule has 3 nitrogen and oxygen atoms in total. The third-order valence-corrected chi connectivity index (χ3v) is 2.25. The van der Waals surface area contributed by atoms with Gasteiger partial charge in [0.05, 0.1) is 12.2 Å². The van der Waals surface area contributed by atoms with E-state index in [4.69, 9.17) is 4.42 Å². The molecule has 0 spiro atoms. The quantitative estimate of drug-likeness (QED) is 0.696. The highest BCUT2D eigenvalue weighted by atomic mass is 16.4. The minimum Gasteiger partial charge on any atom is -0.444 e. The molecule has 0 unspecified atom stereocenters. The van der Waals surface area contributed by atoms with Crippen LogP contribution in [0.15, 0.2) is 4.42 Å². The van der Waals surface area contributed by atoms with Gasteiger partial charge in [-0.2, -0.15) is 0 Å². The molecule has 0 bridgehead atoms. The number of nitrogens with zero attached hydrogens (tertiary/aromatic N) is 2. The molecule has 0 atom stereocenters. The van der Waals surface area contributed by atoms with Crippen molar-refractivity contribution in [1.29, 1.82) is 0 Å². The summed E-state index contributed by atoms with van der Waals surface area (Å²) in [6.07, 6.45) is 0. The van der Waals surface area contributed by atoms with Crippen molar-refractivity contribution in [3.63, 3.8) is 0 Å². The van der Waals surface area contributed by atoms with Crippen LogP contribution < -0.4 is 0 Å². The fourth-order valence-electron chi connectivity index (χ4n) is 1.88. The van der Waals surface area contributed by atoms with Crippen LogP contribution in [0.4, 0.5) is 0 Å². The lowest BCUT2D eigenvalue weighted by Gasteiger charge is -2.16. The maximum atomic E-state index is 5.48. The van der Waals surface area contributed by atoms with E-state index in [1.807, 2.05) is 6.92 Å². The molecule has 3 heteroatoms. The van der Waals surface area contributed by atoms with Crippen molar-refractivity contribution in [2.24, 2.45) is 5.92 Å². The van der Waals surface area contributed by atoms with Gasteiger partial charge in [0.1, 0.15) is 5.76 Å². The van der Waals surface area contributed by atoms with E-state index in [-0.39, 0.29) is 0 Å². The van der Waals surface area contributed by atoms with Gasteiger partial charge in [0.25, 0.3) is 0 Å². The van der Waals surface area contributed by atoms with Gasteiger partial charge in [-0.05, 0) is 5.92 Å². The van der Waals surface area contributed by atoms with Gasteiger partial charge in [0.2, 0.25) is 0 Å². The van der Waals surface area contributed by atoms with E-state index in [1.54, 1.807) is 0 Å². The average molecular weight is 180 g/mol. The molecule has 0 saturated heterocycles. The Kier molecular flexibility index (Phi) is 2.12. The van der Waals surface area contributed by atoms with Crippen LogP contribution in [0.2, 0.25) is 0 Å². The topological polar surface area (TPSA) is 29.3 Å². The van der Waals surface area contributed by atoms with Crippen LogP contribution in [0, 0.1) is 12.8 Å². The molecule has 13 heavy (non-hydrogen) atoms. The predicted molar refractivity (Wildman–Crippen MR) is 50.2 cm³/mol. The number of hydrogen-bond donors (Lipinski definition) is 0. The first-order valence-electron chi connectivity index (χ1n) is 4.82. The normalized spacial score (nSPS) is 16.9. The zero-order valence-electron chi connectivity index (χ0n) is 8.50. The first kappa shape index (κ1) is 8.75. The Hall–Kier alpha value is -0.830. The monoisotopic (exact) mass is 180 g/mol. The molecule has 0 aliphatic carbocycles. The van der Waals surface area contributed by atoms with Crippen LogP contribution in [0.1, 0.15) is 31.2 Å². The number of fused-ring (bicyclic) bond motifs is 1. The summed E-state index contributed by atoms with van der Waals surface area (Å²) < 4.78 is 5.48. The highest BCUT2D eigenvalue weighted by Gasteiger charge is 2.24. The lowest BCUT2D eigenvalue weighted by Crippen LogP contribution is -2.21. The van der Waals surface area contributed by atoms with Gasteiger partial charge in [0.15, 0.2) is 5.89 Å². The largest absolute Gasteiger partial charge is 0.444 e. The van der Waals surface area contributed by atoms with Gasteiger partial charge in [0, 0.05) is 20.0 Å². The predicted octanol–water partition coefficient (Wildman–Crippen LogP) is 1.95. The molecule has 0 saturated carbocycles. The second-order valence-corrected chi connectivity index (χ2v) is 4.17. The summed E-state index contributed by atoms with van der Waals surface area (Å²) in [6, 6.07) is 0. The van der Waals surface area contributed by atoms with Crippen molar-refractivity contribution in [3.05, 3.63) is 17.3 Å². The molecular weight excluding hydrogens is 164 g/mol. The number of oxazole rings is 1. The molecule has 0 N–H and O–H groups in total. The van der Waals surface area contributed by atoms with Crippen molar-refractivity contribution in [3.8, 4) is 0 Å². The number of aryl methyl sites for hydroxylation is 1. The number of rotatable bonds is 2. The van der Waals surface area contributed by atoms with Crippen LogP contribution in [-0.4, -0.2) is 16.4 Å². The van der Waals surface area contributed by atoms with E-state index < -0.39 is 0 Å². The fraction of sp³-hybridized carbons (Fsp3) is 0.700. The molecule has 2 heterocycles. The standard InChI is InChI=1S/C10H16N2O/c1-7(2)4-12-5-9-10(6-12)13-8(3)11-9/h7H,4-6H2,1-3H3. The third kappa shape index (κ3) is 1.75. The first-order valence-corrected chi connectivity index (χ1v) is 4.82. The summed E-state index contributed by atoms with van der Waals surface area (Å²) in [4.78, 5) is 6.72. The van der Waals surface area contributed by atoms with E-state index >= 15 is 0 Å². The highest BCUT2D eigenvalue weighted by molar-refractivity contribution is 5.14. The number of hydrogen-bond acceptors (Lipinski definition) is 3. The summed E-state index contributed by atoms with van der Waals surface area (Å²) in [7, 11) is 0. The lowest BCUT2D eigenvalue weighted by atomic mass is 10.2. The van der Waals surface area contributed by atoms with Crippen molar-refractivity contribution >= 4 is 0 Å².